The lowest BCUT2D eigenvalue weighted by atomic mass is 10.1. The van der Waals surface area contributed by atoms with E-state index in [9.17, 15) is 4.39 Å². The fourth-order valence-corrected chi connectivity index (χ4v) is 4.28. The standard InChI is InChI=1S/C25H24FN7S/c26-19-8-6-18(7-9-19)20-10-11-21-22(29-20)23(31-24(27)30-21)32-12-14-33(15-13-32)25(34)28-16-17-4-2-1-3-5-17/h1-11H,12-16H2,(H,28,34)(H2,27,30,31). The Morgan fingerprint density at radius 2 is 1.65 bits per heavy atom. The molecule has 0 saturated carbocycles. The summed E-state index contributed by atoms with van der Waals surface area (Å²) in [6.07, 6.45) is 0. The van der Waals surface area contributed by atoms with Crippen molar-refractivity contribution in [1.29, 1.82) is 0 Å². The van der Waals surface area contributed by atoms with Gasteiger partial charge in [0, 0.05) is 38.3 Å². The van der Waals surface area contributed by atoms with Crippen LogP contribution in [0, 0.1) is 5.82 Å². The van der Waals surface area contributed by atoms with Gasteiger partial charge in [0.05, 0.1) is 11.2 Å². The smallest absolute Gasteiger partial charge is 0.222 e. The summed E-state index contributed by atoms with van der Waals surface area (Å²) < 4.78 is 13.4. The number of nitrogen functional groups attached to an aromatic ring is 1. The first-order chi connectivity index (χ1) is 16.6. The highest BCUT2D eigenvalue weighted by molar-refractivity contribution is 7.80. The second-order valence-corrected chi connectivity index (χ2v) is 8.48. The number of pyridine rings is 1. The molecule has 0 radical (unpaired) electrons. The molecule has 1 aliphatic rings. The first kappa shape index (κ1) is 22.0. The van der Waals surface area contributed by atoms with Crippen molar-refractivity contribution >= 4 is 40.1 Å². The second kappa shape index (κ2) is 9.56. The largest absolute Gasteiger partial charge is 0.368 e. The lowest BCUT2D eigenvalue weighted by Gasteiger charge is -2.37. The number of nitrogens with two attached hydrogens (primary N) is 1. The van der Waals surface area contributed by atoms with Gasteiger partial charge < -0.3 is 20.9 Å². The van der Waals surface area contributed by atoms with Crippen molar-refractivity contribution in [3.05, 3.63) is 78.1 Å². The molecule has 7 nitrogen and oxygen atoms in total. The molecule has 0 unspecified atom stereocenters. The SMILES string of the molecule is Nc1nc(N2CCN(C(=S)NCc3ccccc3)CC2)c2nc(-c3ccc(F)cc3)ccc2n1. The molecule has 4 aromatic rings. The third-order valence-corrected chi connectivity index (χ3v) is 6.24. The predicted octanol–water partition coefficient (Wildman–Crippen LogP) is 3.61. The van der Waals surface area contributed by atoms with Gasteiger partial charge >= 0.3 is 0 Å². The average Bonchev–Trinajstić information content (AvgIpc) is 2.88. The minimum Gasteiger partial charge on any atom is -0.368 e. The van der Waals surface area contributed by atoms with Gasteiger partial charge in [0.1, 0.15) is 11.3 Å². The maximum absolute atomic E-state index is 13.4. The number of hydrogen-bond acceptors (Lipinski definition) is 6. The van der Waals surface area contributed by atoms with Crippen molar-refractivity contribution in [2.45, 2.75) is 6.54 Å². The van der Waals surface area contributed by atoms with E-state index in [1.54, 1.807) is 12.1 Å². The zero-order valence-corrected chi connectivity index (χ0v) is 19.3. The molecule has 0 aliphatic carbocycles. The van der Waals surface area contributed by atoms with Gasteiger partial charge in [0.25, 0.3) is 0 Å². The number of nitrogens with zero attached hydrogens (tertiary/aromatic N) is 5. The van der Waals surface area contributed by atoms with E-state index in [2.05, 4.69) is 37.2 Å². The Kier molecular flexibility index (Phi) is 6.18. The number of fused-ring (bicyclic) bond motifs is 1. The lowest BCUT2D eigenvalue weighted by molar-refractivity contribution is 0.379. The molecule has 0 atom stereocenters. The summed E-state index contributed by atoms with van der Waals surface area (Å²) in [7, 11) is 0. The Balaban J connectivity index is 1.32. The first-order valence-electron chi connectivity index (χ1n) is 11.1. The van der Waals surface area contributed by atoms with Gasteiger partial charge in [-0.15, -0.1) is 0 Å². The summed E-state index contributed by atoms with van der Waals surface area (Å²) in [5, 5.41) is 4.09. The van der Waals surface area contributed by atoms with Crippen LogP contribution in [0.1, 0.15) is 5.56 Å². The van der Waals surface area contributed by atoms with Crippen LogP contribution in [0.3, 0.4) is 0 Å². The van der Waals surface area contributed by atoms with Crippen LogP contribution in [-0.4, -0.2) is 51.1 Å². The quantitative estimate of drug-likeness (QED) is 0.435. The van der Waals surface area contributed by atoms with E-state index < -0.39 is 0 Å². The number of anilines is 2. The molecular weight excluding hydrogens is 449 g/mol. The Morgan fingerprint density at radius 1 is 0.912 bits per heavy atom. The fourth-order valence-electron chi connectivity index (χ4n) is 4.03. The van der Waals surface area contributed by atoms with Gasteiger partial charge in [-0.1, -0.05) is 30.3 Å². The van der Waals surface area contributed by atoms with Crippen LogP contribution in [0.25, 0.3) is 22.3 Å². The number of hydrogen-bond donors (Lipinski definition) is 2. The highest BCUT2D eigenvalue weighted by atomic mass is 32.1. The van der Waals surface area contributed by atoms with E-state index in [0.29, 0.717) is 23.4 Å². The number of aromatic nitrogens is 3. The molecule has 0 spiro atoms. The summed E-state index contributed by atoms with van der Waals surface area (Å²) >= 11 is 5.62. The topological polar surface area (TPSA) is 83.2 Å². The van der Waals surface area contributed by atoms with Crippen LogP contribution in [0.4, 0.5) is 16.2 Å². The van der Waals surface area contributed by atoms with Crippen molar-refractivity contribution in [2.24, 2.45) is 0 Å². The molecule has 2 aromatic heterocycles. The maximum Gasteiger partial charge on any atom is 0.222 e. The Hall–Kier alpha value is -3.85. The van der Waals surface area contributed by atoms with Crippen molar-refractivity contribution in [1.82, 2.24) is 25.2 Å². The number of halogens is 1. The Morgan fingerprint density at radius 3 is 2.38 bits per heavy atom. The Bertz CT molecular complexity index is 1310. The predicted molar refractivity (Wildman–Crippen MR) is 137 cm³/mol. The van der Waals surface area contributed by atoms with Crippen LogP contribution in [0.2, 0.25) is 0 Å². The Labute approximate surface area is 202 Å². The minimum absolute atomic E-state index is 0.210. The zero-order valence-electron chi connectivity index (χ0n) is 18.5. The zero-order chi connectivity index (χ0) is 23.5. The number of rotatable bonds is 4. The van der Waals surface area contributed by atoms with Gasteiger partial charge in [0.2, 0.25) is 5.95 Å². The van der Waals surface area contributed by atoms with Gasteiger partial charge in [-0.2, -0.15) is 4.98 Å². The van der Waals surface area contributed by atoms with Gasteiger partial charge in [-0.25, -0.2) is 14.4 Å². The third-order valence-electron chi connectivity index (χ3n) is 5.83. The summed E-state index contributed by atoms with van der Waals surface area (Å²) in [5.74, 6) is 0.631. The molecule has 172 valence electrons. The van der Waals surface area contributed by atoms with E-state index in [-0.39, 0.29) is 11.8 Å². The molecule has 1 aliphatic heterocycles. The van der Waals surface area contributed by atoms with Crippen LogP contribution in [0.15, 0.2) is 66.7 Å². The molecule has 1 fully saturated rings. The summed E-state index contributed by atoms with van der Waals surface area (Å²) in [5.41, 5.74) is 10.1. The van der Waals surface area contributed by atoms with Crippen LogP contribution in [0.5, 0.6) is 0 Å². The average molecular weight is 474 g/mol. The van der Waals surface area contributed by atoms with Gasteiger partial charge in [0.15, 0.2) is 10.9 Å². The molecule has 5 rings (SSSR count). The van der Waals surface area contributed by atoms with Crippen LogP contribution in [-0.2, 0) is 6.54 Å². The lowest BCUT2D eigenvalue weighted by Crippen LogP contribution is -2.51. The molecular formula is C25H24FN7S. The number of benzene rings is 2. The third kappa shape index (κ3) is 4.74. The van der Waals surface area contributed by atoms with E-state index in [4.69, 9.17) is 22.9 Å². The molecule has 1 saturated heterocycles. The number of thiocarbonyl (C=S) groups is 1. The minimum atomic E-state index is -0.282. The number of piperazine rings is 1. The molecule has 0 bridgehead atoms. The van der Waals surface area contributed by atoms with Gasteiger partial charge in [-0.05, 0) is 54.2 Å². The van der Waals surface area contributed by atoms with Crippen molar-refractivity contribution in [3.8, 4) is 11.3 Å². The molecule has 3 N–H and O–H groups in total. The van der Waals surface area contributed by atoms with E-state index >= 15 is 0 Å². The first-order valence-corrected chi connectivity index (χ1v) is 11.5. The summed E-state index contributed by atoms with van der Waals surface area (Å²) in [4.78, 5) is 18.0. The molecule has 2 aromatic carbocycles. The second-order valence-electron chi connectivity index (χ2n) is 8.09. The summed E-state index contributed by atoms with van der Waals surface area (Å²) in [6.45, 7) is 3.65. The monoisotopic (exact) mass is 473 g/mol. The normalized spacial score (nSPS) is 13.8. The van der Waals surface area contributed by atoms with Crippen molar-refractivity contribution in [3.63, 3.8) is 0 Å². The maximum atomic E-state index is 13.4. The molecule has 9 heteroatoms. The molecule has 3 heterocycles. The van der Waals surface area contributed by atoms with Crippen LogP contribution < -0.4 is 16.0 Å². The highest BCUT2D eigenvalue weighted by Crippen LogP contribution is 2.27. The van der Waals surface area contributed by atoms with E-state index in [0.717, 1.165) is 42.5 Å². The van der Waals surface area contributed by atoms with Crippen LogP contribution >= 0.6 is 12.2 Å². The number of nitrogens with one attached hydrogen (secondary N) is 1. The van der Waals surface area contributed by atoms with E-state index in [1.807, 2.05) is 30.3 Å². The van der Waals surface area contributed by atoms with E-state index in [1.165, 1.54) is 17.7 Å². The van der Waals surface area contributed by atoms with Crippen molar-refractivity contribution in [2.75, 3.05) is 36.8 Å². The molecule has 34 heavy (non-hydrogen) atoms. The van der Waals surface area contributed by atoms with Gasteiger partial charge in [-0.3, -0.25) is 0 Å². The molecule has 0 amide bonds. The summed E-state index contributed by atoms with van der Waals surface area (Å²) in [6, 6.07) is 20.2. The fraction of sp³-hybridized carbons (Fsp3) is 0.200. The van der Waals surface area contributed by atoms with Crippen molar-refractivity contribution < 1.29 is 4.39 Å². The highest BCUT2D eigenvalue weighted by Gasteiger charge is 2.23.